The number of esters is 1. The number of ether oxygens (including phenoxy) is 1. The number of hydrogen-bond acceptors (Lipinski definition) is 6. The Kier molecular flexibility index (Phi) is 6.40. The molecule has 7 heteroatoms. The van der Waals surface area contributed by atoms with Gasteiger partial charge in [0.25, 0.3) is 0 Å². The number of anilines is 1. The molecular weight excluding hydrogens is 398 g/mol. The molecule has 1 heterocycles. The van der Waals surface area contributed by atoms with E-state index in [1.54, 1.807) is 30.3 Å². The van der Waals surface area contributed by atoms with Crippen molar-refractivity contribution in [1.82, 2.24) is 4.98 Å². The molecule has 3 aromatic rings. The monoisotopic (exact) mass is 417 g/mol. The van der Waals surface area contributed by atoms with Crippen LogP contribution in [0.4, 0.5) is 5.00 Å². The second-order valence-electron chi connectivity index (χ2n) is 6.53. The first-order chi connectivity index (χ1) is 14.4. The summed E-state index contributed by atoms with van der Waals surface area (Å²) >= 11 is 1.24. The van der Waals surface area contributed by atoms with Gasteiger partial charge in [0.05, 0.1) is 18.2 Å². The maximum Gasteiger partial charge on any atom is 0.337 e. The minimum absolute atomic E-state index is 0.209. The molecule has 0 saturated heterocycles. The van der Waals surface area contributed by atoms with Crippen molar-refractivity contribution in [2.45, 2.75) is 13.8 Å². The van der Waals surface area contributed by atoms with Gasteiger partial charge in [-0.15, -0.1) is 0 Å². The zero-order chi connectivity index (χ0) is 21.7. The van der Waals surface area contributed by atoms with Gasteiger partial charge in [-0.1, -0.05) is 53.3 Å². The molecule has 0 radical (unpaired) electrons. The molecule has 6 nitrogen and oxygen atoms in total. The third kappa shape index (κ3) is 4.80. The predicted octanol–water partition coefficient (Wildman–Crippen LogP) is 4.93. The summed E-state index contributed by atoms with van der Waals surface area (Å²) in [5.41, 5.74) is 4.11. The Morgan fingerprint density at radius 1 is 1.13 bits per heavy atom. The van der Waals surface area contributed by atoms with Crippen LogP contribution in [0.5, 0.6) is 0 Å². The van der Waals surface area contributed by atoms with Gasteiger partial charge in [0.2, 0.25) is 5.91 Å². The van der Waals surface area contributed by atoms with Crippen molar-refractivity contribution < 1.29 is 14.3 Å². The van der Waals surface area contributed by atoms with Crippen LogP contribution in [0.25, 0.3) is 22.9 Å². The SMILES string of the molecule is COC(=O)c1ccc(/C=C(\C#N)c2nc(-c3ccc(C)cc3)c(NC(C)=O)s2)cc1. The number of carbonyl (C=O) groups is 2. The van der Waals surface area contributed by atoms with E-state index in [9.17, 15) is 14.9 Å². The summed E-state index contributed by atoms with van der Waals surface area (Å²) in [5.74, 6) is -0.631. The van der Waals surface area contributed by atoms with E-state index in [0.717, 1.165) is 16.7 Å². The molecule has 0 saturated carbocycles. The summed E-state index contributed by atoms with van der Waals surface area (Å²) in [7, 11) is 1.32. The number of aromatic nitrogens is 1. The molecule has 0 aliphatic rings. The van der Waals surface area contributed by atoms with E-state index in [4.69, 9.17) is 4.74 Å². The number of allylic oxidation sites excluding steroid dienone is 1. The van der Waals surface area contributed by atoms with Gasteiger partial charge in [-0.05, 0) is 30.7 Å². The number of hydrogen-bond donors (Lipinski definition) is 1. The molecular formula is C23H19N3O3S. The largest absolute Gasteiger partial charge is 0.465 e. The van der Waals surface area contributed by atoms with Crippen molar-refractivity contribution in [2.75, 3.05) is 12.4 Å². The highest BCUT2D eigenvalue weighted by Gasteiger charge is 2.17. The lowest BCUT2D eigenvalue weighted by molar-refractivity contribution is -0.114. The van der Waals surface area contributed by atoms with Crippen LogP contribution in [0.15, 0.2) is 48.5 Å². The highest BCUT2D eigenvalue weighted by atomic mass is 32.1. The fourth-order valence-corrected chi connectivity index (χ4v) is 3.73. The Hall–Kier alpha value is -3.76. The van der Waals surface area contributed by atoms with Crippen LogP contribution < -0.4 is 5.32 Å². The number of amides is 1. The number of thiazole rings is 1. The first kappa shape index (κ1) is 21.0. The van der Waals surface area contributed by atoms with Gasteiger partial charge in [-0.3, -0.25) is 4.79 Å². The summed E-state index contributed by atoms with van der Waals surface area (Å²) in [5, 5.41) is 13.6. The number of aryl methyl sites for hydroxylation is 1. The van der Waals surface area contributed by atoms with E-state index < -0.39 is 5.97 Å². The van der Waals surface area contributed by atoms with E-state index in [1.165, 1.54) is 25.4 Å². The van der Waals surface area contributed by atoms with Gasteiger partial charge >= 0.3 is 5.97 Å². The zero-order valence-corrected chi connectivity index (χ0v) is 17.5. The maximum atomic E-state index is 11.7. The first-order valence-electron chi connectivity index (χ1n) is 9.07. The number of rotatable bonds is 5. The fourth-order valence-electron chi connectivity index (χ4n) is 2.73. The minimum atomic E-state index is -0.423. The van der Waals surface area contributed by atoms with Gasteiger partial charge in [0, 0.05) is 12.5 Å². The minimum Gasteiger partial charge on any atom is -0.465 e. The standard InChI is InChI=1S/C23H19N3O3S/c1-14-4-8-17(9-5-14)20-22(25-15(2)27)30-21(26-20)19(13-24)12-16-6-10-18(11-7-16)23(28)29-3/h4-12H,1-3H3,(H,25,27)/b19-12+. The lowest BCUT2D eigenvalue weighted by atomic mass is 10.1. The summed E-state index contributed by atoms with van der Waals surface area (Å²) in [6, 6.07) is 16.7. The van der Waals surface area contributed by atoms with E-state index in [2.05, 4.69) is 16.4 Å². The molecule has 3 rings (SSSR count). The molecule has 2 aromatic carbocycles. The van der Waals surface area contributed by atoms with Crippen molar-refractivity contribution in [3.05, 3.63) is 70.2 Å². The Bertz CT molecular complexity index is 1150. The molecule has 0 aliphatic carbocycles. The van der Waals surface area contributed by atoms with Gasteiger partial charge in [-0.25, -0.2) is 9.78 Å². The van der Waals surface area contributed by atoms with Gasteiger partial charge < -0.3 is 10.1 Å². The number of methoxy groups -OCH3 is 1. The van der Waals surface area contributed by atoms with Crippen LogP contribution in [-0.2, 0) is 9.53 Å². The van der Waals surface area contributed by atoms with Crippen molar-refractivity contribution in [3.63, 3.8) is 0 Å². The van der Waals surface area contributed by atoms with Crippen molar-refractivity contribution in [1.29, 1.82) is 5.26 Å². The Labute approximate surface area is 178 Å². The second kappa shape index (κ2) is 9.16. The molecule has 0 unspecified atom stereocenters. The lowest BCUT2D eigenvalue weighted by Gasteiger charge is -2.03. The van der Waals surface area contributed by atoms with Gasteiger partial charge in [-0.2, -0.15) is 5.26 Å². The first-order valence-corrected chi connectivity index (χ1v) is 9.89. The molecule has 0 aliphatic heterocycles. The van der Waals surface area contributed by atoms with Crippen molar-refractivity contribution in [3.8, 4) is 17.3 Å². The molecule has 1 amide bonds. The maximum absolute atomic E-state index is 11.7. The highest BCUT2D eigenvalue weighted by Crippen LogP contribution is 2.36. The number of nitriles is 1. The molecule has 0 bridgehead atoms. The number of nitrogens with zero attached hydrogens (tertiary/aromatic N) is 2. The quantitative estimate of drug-likeness (QED) is 0.469. The van der Waals surface area contributed by atoms with Crippen molar-refractivity contribution in [2.24, 2.45) is 0 Å². The third-order valence-electron chi connectivity index (χ3n) is 4.24. The van der Waals surface area contributed by atoms with E-state index >= 15 is 0 Å². The van der Waals surface area contributed by atoms with Crippen LogP contribution in [0.3, 0.4) is 0 Å². The molecule has 0 atom stereocenters. The number of benzene rings is 2. The van der Waals surface area contributed by atoms with Crippen LogP contribution in [0.1, 0.15) is 33.4 Å². The Morgan fingerprint density at radius 3 is 2.37 bits per heavy atom. The highest BCUT2D eigenvalue weighted by molar-refractivity contribution is 7.17. The summed E-state index contributed by atoms with van der Waals surface area (Å²) in [6.45, 7) is 3.43. The Balaban J connectivity index is 2.01. The predicted molar refractivity (Wildman–Crippen MR) is 118 cm³/mol. The van der Waals surface area contributed by atoms with Crippen LogP contribution >= 0.6 is 11.3 Å². The van der Waals surface area contributed by atoms with E-state index in [0.29, 0.717) is 26.8 Å². The molecule has 30 heavy (non-hydrogen) atoms. The smallest absolute Gasteiger partial charge is 0.337 e. The third-order valence-corrected chi connectivity index (χ3v) is 5.24. The Morgan fingerprint density at radius 2 is 1.80 bits per heavy atom. The van der Waals surface area contributed by atoms with E-state index in [-0.39, 0.29) is 5.91 Å². The molecule has 0 spiro atoms. The van der Waals surface area contributed by atoms with Crippen molar-refractivity contribution >= 4 is 39.9 Å². The lowest BCUT2D eigenvalue weighted by Crippen LogP contribution is -2.05. The van der Waals surface area contributed by atoms with Crippen LogP contribution in [-0.4, -0.2) is 24.0 Å². The normalized spacial score (nSPS) is 10.9. The second-order valence-corrected chi connectivity index (χ2v) is 7.53. The summed E-state index contributed by atoms with van der Waals surface area (Å²) < 4.78 is 4.70. The zero-order valence-electron chi connectivity index (χ0n) is 16.7. The molecule has 1 aromatic heterocycles. The number of nitrogens with one attached hydrogen (secondary N) is 1. The fraction of sp³-hybridized carbons (Fsp3) is 0.130. The van der Waals surface area contributed by atoms with E-state index in [1.807, 2.05) is 31.2 Å². The molecule has 150 valence electrons. The molecule has 1 N–H and O–H groups in total. The van der Waals surface area contributed by atoms with Crippen LogP contribution in [0, 0.1) is 18.3 Å². The molecule has 0 fully saturated rings. The number of carbonyl (C=O) groups excluding carboxylic acids is 2. The average molecular weight is 417 g/mol. The summed E-state index contributed by atoms with van der Waals surface area (Å²) in [4.78, 5) is 27.9. The van der Waals surface area contributed by atoms with Crippen LogP contribution in [0.2, 0.25) is 0 Å². The van der Waals surface area contributed by atoms with Gasteiger partial charge in [0.15, 0.2) is 0 Å². The average Bonchev–Trinajstić information content (AvgIpc) is 3.15. The summed E-state index contributed by atoms with van der Waals surface area (Å²) in [6.07, 6.45) is 1.69. The topological polar surface area (TPSA) is 92.1 Å². The van der Waals surface area contributed by atoms with Gasteiger partial charge in [0.1, 0.15) is 21.8 Å².